The lowest BCUT2D eigenvalue weighted by Gasteiger charge is -2.27. The van der Waals surface area contributed by atoms with Gasteiger partial charge in [-0.1, -0.05) is 107 Å². The van der Waals surface area contributed by atoms with Crippen molar-refractivity contribution in [2.45, 2.75) is 63.5 Å². The molecule has 300 valence electrons. The maximum atomic E-state index is 12.6. The fourth-order valence-corrected chi connectivity index (χ4v) is 7.30. The van der Waals surface area contributed by atoms with Crippen molar-refractivity contribution in [3.8, 4) is 22.3 Å². The predicted octanol–water partition coefficient (Wildman–Crippen LogP) is 7.17. The molecule has 14 heteroatoms. The van der Waals surface area contributed by atoms with Crippen LogP contribution in [0, 0.1) is 0 Å². The average Bonchev–Trinajstić information content (AvgIpc) is 3.98. The van der Waals surface area contributed by atoms with Crippen molar-refractivity contribution in [2.75, 3.05) is 27.3 Å². The standard InChI is InChI=1S/C24H26N2O5.C19H18N2O3.2ClH/c1-24(2,3)30-23(28)26-14-15(13-20(26)22(27)29-4)31-25-21-18-11-7-5-9-16(18)17-10-6-8-12-19(17)21;1-23-19(22)17-10-12(11-20-17)24-21-18-15-8-4-2-6-13(15)14-7-3-5-9-16(14)18;;/h5-12,15,20H,13-14H2,1-4H3;2-9,12,17,20H,10-11H2,1H3;2*1H/t15-,20+;12-,17+;;/m11../s1. The summed E-state index contributed by atoms with van der Waals surface area (Å²) in [5.41, 5.74) is 9.63. The number of fused-ring (bicyclic) bond motifs is 6. The SMILES string of the molecule is COC(=O)[C@@H]1C[C@@H](ON=C2c3ccccc3-c3ccccc32)CN1.COC(=O)[C@@H]1C[C@@H](ON=C2c3ccccc3-c3ccccc32)CN1C(=O)OC(C)(C)C.Cl.Cl. The number of ether oxygens (including phenoxy) is 3. The first-order valence-electron chi connectivity index (χ1n) is 18.3. The van der Waals surface area contributed by atoms with Crippen LogP contribution in [0.3, 0.4) is 0 Å². The molecule has 4 aromatic rings. The summed E-state index contributed by atoms with van der Waals surface area (Å²) in [6.45, 7) is 6.11. The van der Waals surface area contributed by atoms with E-state index in [0.717, 1.165) is 44.8 Å². The van der Waals surface area contributed by atoms with Crippen LogP contribution in [0.4, 0.5) is 4.79 Å². The minimum atomic E-state index is -0.770. The summed E-state index contributed by atoms with van der Waals surface area (Å²) < 4.78 is 15.1. The third-order valence-electron chi connectivity index (χ3n) is 9.84. The number of methoxy groups -OCH3 is 2. The van der Waals surface area contributed by atoms with E-state index in [2.05, 4.69) is 52.0 Å². The maximum absolute atomic E-state index is 12.6. The van der Waals surface area contributed by atoms with Gasteiger partial charge in [-0.3, -0.25) is 9.69 Å². The molecule has 0 bridgehead atoms. The van der Waals surface area contributed by atoms with Crippen LogP contribution in [0.25, 0.3) is 22.3 Å². The summed E-state index contributed by atoms with van der Waals surface area (Å²) in [5, 5.41) is 12.0. The summed E-state index contributed by atoms with van der Waals surface area (Å²) in [5.74, 6) is -0.758. The molecule has 0 spiro atoms. The molecule has 0 saturated carbocycles. The van der Waals surface area contributed by atoms with Gasteiger partial charge in [-0.05, 0) is 43.0 Å². The number of carbonyl (C=O) groups excluding carboxylic acids is 3. The summed E-state index contributed by atoms with van der Waals surface area (Å²) in [6, 6.07) is 31.4. The first kappa shape index (κ1) is 42.7. The largest absolute Gasteiger partial charge is 0.468 e. The molecule has 4 aromatic carbocycles. The number of benzene rings is 4. The molecule has 2 aliphatic heterocycles. The second-order valence-electron chi connectivity index (χ2n) is 14.6. The van der Waals surface area contributed by atoms with Crippen LogP contribution in [0.2, 0.25) is 0 Å². The Hall–Kier alpha value is -5.43. The lowest BCUT2D eigenvalue weighted by atomic mass is 10.1. The minimum Gasteiger partial charge on any atom is -0.468 e. The first-order valence-corrected chi connectivity index (χ1v) is 18.3. The molecular weight excluding hydrogens is 771 g/mol. The zero-order valence-corrected chi connectivity index (χ0v) is 33.9. The number of hydrogen-bond donors (Lipinski definition) is 1. The quantitative estimate of drug-likeness (QED) is 0.105. The summed E-state index contributed by atoms with van der Waals surface area (Å²) >= 11 is 0. The van der Waals surface area contributed by atoms with Crippen molar-refractivity contribution in [1.82, 2.24) is 10.2 Å². The van der Waals surface area contributed by atoms with Gasteiger partial charge in [0.25, 0.3) is 0 Å². The van der Waals surface area contributed by atoms with Gasteiger partial charge in [-0.2, -0.15) is 0 Å². The molecule has 4 atom stereocenters. The van der Waals surface area contributed by atoms with Gasteiger partial charge in [-0.15, -0.1) is 24.8 Å². The smallest absolute Gasteiger partial charge is 0.411 e. The van der Waals surface area contributed by atoms with Gasteiger partial charge in [0.1, 0.15) is 41.3 Å². The van der Waals surface area contributed by atoms with Crippen LogP contribution in [0.15, 0.2) is 107 Å². The Labute approximate surface area is 344 Å². The Bertz CT molecular complexity index is 2080. The van der Waals surface area contributed by atoms with E-state index < -0.39 is 29.8 Å². The average molecular weight is 818 g/mol. The molecule has 0 unspecified atom stereocenters. The molecule has 2 aliphatic carbocycles. The molecule has 4 aliphatic rings. The van der Waals surface area contributed by atoms with Crippen molar-refractivity contribution in [3.05, 3.63) is 119 Å². The summed E-state index contributed by atoms with van der Waals surface area (Å²) in [4.78, 5) is 49.4. The highest BCUT2D eigenvalue weighted by atomic mass is 35.5. The number of hydrogen-bond acceptors (Lipinski definition) is 11. The Morgan fingerprint density at radius 1 is 0.614 bits per heavy atom. The molecular formula is C43H46Cl2N4O8. The zero-order chi connectivity index (χ0) is 38.7. The topological polar surface area (TPSA) is 137 Å². The number of carbonyl (C=O) groups is 3. The molecule has 2 fully saturated rings. The second kappa shape index (κ2) is 18.2. The van der Waals surface area contributed by atoms with Crippen molar-refractivity contribution in [1.29, 1.82) is 0 Å². The Kier molecular flexibility index (Phi) is 13.7. The van der Waals surface area contributed by atoms with E-state index in [1.807, 2.05) is 60.7 Å². The predicted molar refractivity (Wildman–Crippen MR) is 221 cm³/mol. The van der Waals surface area contributed by atoms with E-state index in [1.165, 1.54) is 30.2 Å². The molecule has 1 N–H and O–H groups in total. The number of esters is 2. The molecule has 1 amide bonds. The highest BCUT2D eigenvalue weighted by molar-refractivity contribution is 6.25. The first-order chi connectivity index (χ1) is 26.6. The molecule has 8 rings (SSSR count). The fourth-order valence-electron chi connectivity index (χ4n) is 7.30. The monoisotopic (exact) mass is 816 g/mol. The van der Waals surface area contributed by atoms with Crippen LogP contribution < -0.4 is 5.32 Å². The lowest BCUT2D eigenvalue weighted by molar-refractivity contribution is -0.146. The van der Waals surface area contributed by atoms with Gasteiger partial charge in [0, 0.05) is 41.6 Å². The number of oxime groups is 2. The van der Waals surface area contributed by atoms with Crippen LogP contribution in [0.5, 0.6) is 0 Å². The second-order valence-corrected chi connectivity index (χ2v) is 14.6. The Morgan fingerprint density at radius 2 is 1.02 bits per heavy atom. The summed E-state index contributed by atoms with van der Waals surface area (Å²) in [6.07, 6.45) is -0.317. The Morgan fingerprint density at radius 3 is 1.42 bits per heavy atom. The van der Waals surface area contributed by atoms with E-state index in [4.69, 9.17) is 23.9 Å². The maximum Gasteiger partial charge on any atom is 0.411 e. The highest BCUT2D eigenvalue weighted by Gasteiger charge is 2.44. The van der Waals surface area contributed by atoms with Gasteiger partial charge >= 0.3 is 18.0 Å². The van der Waals surface area contributed by atoms with Crippen molar-refractivity contribution in [3.63, 3.8) is 0 Å². The van der Waals surface area contributed by atoms with Crippen molar-refractivity contribution >= 4 is 54.3 Å². The molecule has 0 radical (unpaired) electrons. The van der Waals surface area contributed by atoms with Crippen LogP contribution in [-0.2, 0) is 33.5 Å². The third-order valence-corrected chi connectivity index (χ3v) is 9.84. The van der Waals surface area contributed by atoms with Gasteiger partial charge in [0.05, 0.1) is 20.8 Å². The summed E-state index contributed by atoms with van der Waals surface area (Å²) in [7, 11) is 2.70. The van der Waals surface area contributed by atoms with E-state index in [0.29, 0.717) is 13.0 Å². The van der Waals surface area contributed by atoms with Crippen LogP contribution in [-0.4, -0.2) is 91.6 Å². The third kappa shape index (κ3) is 9.09. The van der Waals surface area contributed by atoms with Gasteiger partial charge in [0.2, 0.25) is 0 Å². The van der Waals surface area contributed by atoms with E-state index in [9.17, 15) is 14.4 Å². The number of rotatable bonds is 6. The van der Waals surface area contributed by atoms with Gasteiger partial charge in [-0.25, -0.2) is 9.59 Å². The Balaban J connectivity index is 0.000000216. The van der Waals surface area contributed by atoms with Crippen molar-refractivity contribution < 1.29 is 38.3 Å². The number of amides is 1. The number of nitrogens with one attached hydrogen (secondary N) is 1. The number of halogens is 2. The van der Waals surface area contributed by atoms with Gasteiger partial charge < -0.3 is 29.2 Å². The molecule has 57 heavy (non-hydrogen) atoms. The van der Waals surface area contributed by atoms with E-state index >= 15 is 0 Å². The zero-order valence-electron chi connectivity index (χ0n) is 32.3. The molecule has 2 heterocycles. The van der Waals surface area contributed by atoms with E-state index in [-0.39, 0.29) is 55.9 Å². The fraction of sp³-hybridized carbons (Fsp3) is 0.326. The van der Waals surface area contributed by atoms with E-state index in [1.54, 1.807) is 20.8 Å². The number of likely N-dealkylation sites (tertiary alicyclic amines) is 1. The van der Waals surface area contributed by atoms with Crippen molar-refractivity contribution in [2.24, 2.45) is 10.3 Å². The highest BCUT2D eigenvalue weighted by Crippen LogP contribution is 2.38. The van der Waals surface area contributed by atoms with Crippen LogP contribution in [0.1, 0.15) is 55.9 Å². The molecule has 0 aromatic heterocycles. The normalized spacial score (nSPS) is 19.5. The van der Waals surface area contributed by atoms with Gasteiger partial charge in [0.15, 0.2) is 0 Å². The lowest BCUT2D eigenvalue weighted by Crippen LogP contribution is -2.44. The molecule has 12 nitrogen and oxygen atoms in total. The minimum absolute atomic E-state index is 0. The molecule has 2 saturated heterocycles. The number of nitrogens with zero attached hydrogens (tertiary/aromatic N) is 3. The van der Waals surface area contributed by atoms with Crippen LogP contribution >= 0.6 is 24.8 Å².